The number of imidazole rings is 1. The first-order valence-electron chi connectivity index (χ1n) is 20.0. The molecule has 0 aliphatic carbocycles. The molecule has 7 rings (SSSR count). The molecule has 0 spiro atoms. The molecule has 56 heavy (non-hydrogen) atoms. The van der Waals surface area contributed by atoms with Crippen molar-refractivity contribution in [2.75, 3.05) is 27.3 Å². The Morgan fingerprint density at radius 1 is 0.714 bits per heavy atom. The zero-order chi connectivity index (χ0) is 39.7. The van der Waals surface area contributed by atoms with Crippen LogP contribution in [0.25, 0.3) is 33.3 Å². The van der Waals surface area contributed by atoms with Crippen molar-refractivity contribution < 1.29 is 28.7 Å². The van der Waals surface area contributed by atoms with Crippen molar-refractivity contribution in [2.24, 2.45) is 28.7 Å². The SMILES string of the molecule is COC(=O)C[C@H](C(=O)N1CCC[C@H]1C1=Nc2ccc(-c3ccc(-c4ccc5nc([C@@H]6CCCN6C(=O)[C@@H](CC(=O)OC)C(C)C)[nH]c5c4)cc3)cc2C1)C(C)C. The van der Waals surface area contributed by atoms with Crippen molar-refractivity contribution in [3.05, 3.63) is 72.1 Å². The molecule has 294 valence electrons. The number of hydrogen-bond acceptors (Lipinski definition) is 8. The number of hydrogen-bond donors (Lipinski definition) is 1. The van der Waals surface area contributed by atoms with Gasteiger partial charge in [0, 0.05) is 25.2 Å². The highest BCUT2D eigenvalue weighted by Crippen LogP contribution is 2.38. The van der Waals surface area contributed by atoms with Gasteiger partial charge in [0.25, 0.3) is 0 Å². The first-order chi connectivity index (χ1) is 26.9. The van der Waals surface area contributed by atoms with Gasteiger partial charge in [0.2, 0.25) is 11.8 Å². The molecule has 1 N–H and O–H groups in total. The highest BCUT2D eigenvalue weighted by atomic mass is 16.5. The Labute approximate surface area is 328 Å². The Hall–Kier alpha value is -5.32. The van der Waals surface area contributed by atoms with Gasteiger partial charge in [-0.3, -0.25) is 24.2 Å². The Bertz CT molecular complexity index is 2150. The van der Waals surface area contributed by atoms with E-state index >= 15 is 0 Å². The third kappa shape index (κ3) is 7.86. The monoisotopic (exact) mass is 759 g/mol. The summed E-state index contributed by atoms with van der Waals surface area (Å²) in [5, 5.41) is 0. The van der Waals surface area contributed by atoms with Crippen LogP contribution in [0.3, 0.4) is 0 Å². The summed E-state index contributed by atoms with van der Waals surface area (Å²) in [6.45, 7) is 9.22. The molecular weight excluding hydrogens is 707 g/mol. The molecular formula is C45H53N5O6. The lowest BCUT2D eigenvalue weighted by Crippen LogP contribution is -2.45. The van der Waals surface area contributed by atoms with Crippen LogP contribution in [0.4, 0.5) is 5.69 Å². The maximum atomic E-state index is 13.7. The van der Waals surface area contributed by atoms with Gasteiger partial charge >= 0.3 is 11.9 Å². The van der Waals surface area contributed by atoms with Crippen LogP contribution in [-0.4, -0.2) is 82.6 Å². The number of methoxy groups -OCH3 is 2. The van der Waals surface area contributed by atoms with Crippen LogP contribution in [0.5, 0.6) is 0 Å². The second-order valence-corrected chi connectivity index (χ2v) is 16.2. The lowest BCUT2D eigenvalue weighted by molar-refractivity contribution is -0.148. The maximum absolute atomic E-state index is 13.7. The lowest BCUT2D eigenvalue weighted by atomic mass is 9.90. The molecule has 4 heterocycles. The highest BCUT2D eigenvalue weighted by Gasteiger charge is 2.40. The number of nitrogens with one attached hydrogen (secondary N) is 1. The third-order valence-corrected chi connectivity index (χ3v) is 12.0. The van der Waals surface area contributed by atoms with Crippen LogP contribution in [0.15, 0.2) is 65.7 Å². The summed E-state index contributed by atoms with van der Waals surface area (Å²) in [4.78, 5) is 68.9. The number of amides is 2. The van der Waals surface area contributed by atoms with Gasteiger partial charge in [-0.15, -0.1) is 0 Å². The summed E-state index contributed by atoms with van der Waals surface area (Å²) in [6.07, 6.45) is 4.34. The van der Waals surface area contributed by atoms with Gasteiger partial charge in [-0.25, -0.2) is 4.98 Å². The van der Waals surface area contributed by atoms with Crippen molar-refractivity contribution >= 4 is 46.2 Å². The number of benzene rings is 3. The third-order valence-electron chi connectivity index (χ3n) is 12.0. The van der Waals surface area contributed by atoms with E-state index in [4.69, 9.17) is 19.5 Å². The molecule has 2 saturated heterocycles. The number of ether oxygens (including phenoxy) is 2. The van der Waals surface area contributed by atoms with Gasteiger partial charge in [0.05, 0.1) is 67.7 Å². The number of rotatable bonds is 12. The molecule has 3 aliphatic heterocycles. The van der Waals surface area contributed by atoms with Crippen molar-refractivity contribution in [1.82, 2.24) is 19.8 Å². The van der Waals surface area contributed by atoms with Crippen LogP contribution in [0, 0.1) is 23.7 Å². The van der Waals surface area contributed by atoms with Crippen molar-refractivity contribution in [3.8, 4) is 22.3 Å². The molecule has 0 saturated carbocycles. The molecule has 2 amide bonds. The topological polar surface area (TPSA) is 134 Å². The number of H-pyrrole nitrogens is 1. The van der Waals surface area contributed by atoms with Gasteiger partial charge in [-0.2, -0.15) is 0 Å². The number of aromatic amines is 1. The number of esters is 2. The minimum Gasteiger partial charge on any atom is -0.469 e. The number of nitrogens with zero attached hydrogens (tertiary/aromatic N) is 4. The van der Waals surface area contributed by atoms with Crippen LogP contribution < -0.4 is 0 Å². The van der Waals surface area contributed by atoms with E-state index in [2.05, 4.69) is 59.6 Å². The van der Waals surface area contributed by atoms with E-state index in [0.717, 1.165) is 81.8 Å². The van der Waals surface area contributed by atoms with Crippen LogP contribution >= 0.6 is 0 Å². The normalized spacial score (nSPS) is 19.0. The zero-order valence-electron chi connectivity index (χ0n) is 33.3. The lowest BCUT2D eigenvalue weighted by Gasteiger charge is -2.30. The summed E-state index contributed by atoms with van der Waals surface area (Å²) < 4.78 is 9.78. The highest BCUT2D eigenvalue weighted by molar-refractivity contribution is 6.01. The second-order valence-electron chi connectivity index (χ2n) is 16.2. The molecule has 0 bridgehead atoms. The van der Waals surface area contributed by atoms with Crippen LogP contribution in [0.2, 0.25) is 0 Å². The van der Waals surface area contributed by atoms with Gasteiger partial charge in [-0.1, -0.05) is 64.1 Å². The molecule has 2 fully saturated rings. The fourth-order valence-electron chi connectivity index (χ4n) is 8.68. The largest absolute Gasteiger partial charge is 0.469 e. The summed E-state index contributed by atoms with van der Waals surface area (Å²) in [5.41, 5.74) is 9.24. The Morgan fingerprint density at radius 3 is 1.80 bits per heavy atom. The Morgan fingerprint density at radius 2 is 1.23 bits per heavy atom. The number of aliphatic imine (C=N–C) groups is 1. The second kappa shape index (κ2) is 16.4. The minimum absolute atomic E-state index is 0.00776. The van der Waals surface area contributed by atoms with Crippen LogP contribution in [0.1, 0.15) is 83.6 Å². The molecule has 1 aromatic heterocycles. The zero-order valence-corrected chi connectivity index (χ0v) is 33.3. The number of carbonyl (C=O) groups excluding carboxylic acids is 4. The number of fused-ring (bicyclic) bond motifs is 2. The van der Waals surface area contributed by atoms with Gasteiger partial charge < -0.3 is 24.3 Å². The van der Waals surface area contributed by atoms with E-state index in [1.807, 2.05) is 43.6 Å². The average Bonchev–Trinajstić information content (AvgIpc) is 4.03. The molecule has 3 aliphatic rings. The maximum Gasteiger partial charge on any atom is 0.306 e. The first kappa shape index (κ1) is 38.9. The van der Waals surface area contributed by atoms with E-state index in [0.29, 0.717) is 19.5 Å². The smallest absolute Gasteiger partial charge is 0.306 e. The summed E-state index contributed by atoms with van der Waals surface area (Å²) in [7, 11) is 2.72. The molecule has 0 radical (unpaired) electrons. The van der Waals surface area contributed by atoms with E-state index in [-0.39, 0.29) is 60.5 Å². The van der Waals surface area contributed by atoms with Gasteiger partial charge in [-0.05, 0) is 89.6 Å². The fourth-order valence-corrected chi connectivity index (χ4v) is 8.68. The quantitative estimate of drug-likeness (QED) is 0.146. The van der Waals surface area contributed by atoms with E-state index < -0.39 is 11.8 Å². The Kier molecular flexibility index (Phi) is 11.4. The molecule has 4 atom stereocenters. The minimum atomic E-state index is -0.436. The van der Waals surface area contributed by atoms with E-state index in [1.54, 1.807) is 0 Å². The van der Waals surface area contributed by atoms with Crippen LogP contribution in [-0.2, 0) is 35.1 Å². The number of likely N-dealkylation sites (tertiary alicyclic amines) is 2. The number of carbonyl (C=O) groups is 4. The van der Waals surface area contributed by atoms with Crippen molar-refractivity contribution in [2.45, 2.75) is 84.7 Å². The first-order valence-corrected chi connectivity index (χ1v) is 20.0. The summed E-state index contributed by atoms with van der Waals surface area (Å²) in [5.74, 6) is -0.779. The van der Waals surface area contributed by atoms with E-state index in [1.165, 1.54) is 14.2 Å². The molecule has 0 unspecified atom stereocenters. The van der Waals surface area contributed by atoms with Crippen molar-refractivity contribution in [1.29, 1.82) is 0 Å². The van der Waals surface area contributed by atoms with E-state index in [9.17, 15) is 19.2 Å². The van der Waals surface area contributed by atoms with Crippen molar-refractivity contribution in [3.63, 3.8) is 0 Å². The average molecular weight is 760 g/mol. The van der Waals surface area contributed by atoms with Gasteiger partial charge in [0.1, 0.15) is 5.82 Å². The molecule has 3 aromatic carbocycles. The predicted molar refractivity (Wildman–Crippen MR) is 216 cm³/mol. The standard InChI is InChI=1S/C45H53N5O6/c1-26(2)33(24-41(51)55-5)44(53)49-19-7-9-39(49)38-23-32-21-30(15-17-35(32)46-38)28-11-13-29(14-12-28)31-16-18-36-37(22-31)48-43(47-36)40-10-8-20-50(40)45(54)34(27(3)4)25-42(52)56-6/h11-18,21-22,26-27,33-34,39-40H,7-10,19-20,23-25H2,1-6H3,(H,47,48)/t33-,34-,39-,40-/m0/s1. The Balaban J connectivity index is 1.03. The molecule has 4 aromatic rings. The predicted octanol–water partition coefficient (Wildman–Crippen LogP) is 7.85. The number of aromatic nitrogens is 2. The molecule has 11 heteroatoms. The summed E-state index contributed by atoms with van der Waals surface area (Å²) >= 11 is 0. The fraction of sp³-hybridized carbons (Fsp3) is 0.467. The molecule has 11 nitrogen and oxygen atoms in total. The van der Waals surface area contributed by atoms with Gasteiger partial charge in [0.15, 0.2) is 0 Å². The summed E-state index contributed by atoms with van der Waals surface area (Å²) in [6, 6.07) is 20.9.